The largest absolute Gasteiger partial charge is 0.497 e. The van der Waals surface area contributed by atoms with Crippen LogP contribution >= 0.6 is 0 Å². The van der Waals surface area contributed by atoms with Crippen LogP contribution in [0.2, 0.25) is 0 Å². The molecular formula is C32H32N4O6S. The second-order valence-corrected chi connectivity index (χ2v) is 11.4. The number of hydrogen-bond donors (Lipinski definition) is 2. The molecule has 0 spiro atoms. The van der Waals surface area contributed by atoms with E-state index in [1.165, 1.54) is 32.4 Å². The first kappa shape index (κ1) is 30.8. The normalized spacial score (nSPS) is 11.4. The van der Waals surface area contributed by atoms with Crippen molar-refractivity contribution in [2.45, 2.75) is 18.7 Å². The number of carbonyl (C=O) groups is 2. The van der Waals surface area contributed by atoms with Crippen molar-refractivity contribution in [3.8, 4) is 11.5 Å². The van der Waals surface area contributed by atoms with Crippen LogP contribution in [-0.2, 0) is 14.8 Å². The van der Waals surface area contributed by atoms with Crippen LogP contribution < -0.4 is 24.5 Å². The van der Waals surface area contributed by atoms with Crippen LogP contribution in [0, 0.1) is 6.92 Å². The van der Waals surface area contributed by atoms with E-state index < -0.39 is 22.5 Å². The third-order valence-electron chi connectivity index (χ3n) is 6.50. The Hall–Kier alpha value is -5.16. The summed E-state index contributed by atoms with van der Waals surface area (Å²) >= 11 is 0. The predicted molar refractivity (Wildman–Crippen MR) is 166 cm³/mol. The van der Waals surface area contributed by atoms with Gasteiger partial charge in [-0.25, -0.2) is 13.8 Å². The molecule has 0 aliphatic heterocycles. The van der Waals surface area contributed by atoms with Gasteiger partial charge in [-0.05, 0) is 67.9 Å². The summed E-state index contributed by atoms with van der Waals surface area (Å²) in [5, 5.41) is 7.00. The molecule has 0 bridgehead atoms. The average molecular weight is 601 g/mol. The van der Waals surface area contributed by atoms with Gasteiger partial charge in [-0.3, -0.25) is 13.9 Å². The first-order valence-electron chi connectivity index (χ1n) is 13.2. The maximum atomic E-state index is 13.8. The number of carbonyl (C=O) groups excluding carboxylic acids is 2. The van der Waals surface area contributed by atoms with Crippen molar-refractivity contribution < 1.29 is 27.5 Å². The first-order valence-corrected chi connectivity index (χ1v) is 14.7. The van der Waals surface area contributed by atoms with Crippen LogP contribution in [0.5, 0.6) is 11.5 Å². The molecule has 0 saturated heterocycles. The second kappa shape index (κ2) is 13.7. The lowest BCUT2D eigenvalue weighted by atomic mass is 10.1. The molecule has 2 amide bonds. The molecule has 2 N–H and O–H groups in total. The number of hydrogen-bond acceptors (Lipinski definition) is 7. The van der Waals surface area contributed by atoms with E-state index in [1.54, 1.807) is 79.7 Å². The van der Waals surface area contributed by atoms with Crippen LogP contribution in [0.4, 0.5) is 11.4 Å². The zero-order valence-corrected chi connectivity index (χ0v) is 25.0. The number of aryl methyl sites for hydroxylation is 1. The van der Waals surface area contributed by atoms with Crippen LogP contribution in [0.3, 0.4) is 0 Å². The van der Waals surface area contributed by atoms with Crippen molar-refractivity contribution in [1.29, 1.82) is 0 Å². The van der Waals surface area contributed by atoms with E-state index in [4.69, 9.17) is 9.47 Å². The molecule has 4 aromatic rings. The molecule has 4 rings (SSSR count). The number of anilines is 2. The monoisotopic (exact) mass is 600 g/mol. The molecule has 11 heteroatoms. The molecule has 0 fully saturated rings. The molecule has 0 heterocycles. The van der Waals surface area contributed by atoms with Crippen molar-refractivity contribution >= 4 is 38.9 Å². The van der Waals surface area contributed by atoms with E-state index in [1.807, 2.05) is 13.0 Å². The number of rotatable bonds is 11. The number of amides is 2. The quantitative estimate of drug-likeness (QED) is 0.184. The summed E-state index contributed by atoms with van der Waals surface area (Å²) in [6.07, 6.45) is 0. The number of methoxy groups -OCH3 is 2. The van der Waals surface area contributed by atoms with Gasteiger partial charge in [0.25, 0.3) is 21.8 Å². The summed E-state index contributed by atoms with van der Waals surface area (Å²) in [6.45, 7) is 2.96. The summed E-state index contributed by atoms with van der Waals surface area (Å²) in [5.74, 6) is -0.281. The van der Waals surface area contributed by atoms with Gasteiger partial charge in [0.1, 0.15) is 18.0 Å². The zero-order valence-electron chi connectivity index (χ0n) is 24.2. The standard InChI is InChI=1S/C32H32N4O6S/c1-22-10-17-28(18-11-22)43(39,40)36(29-20-27(41-3)16-19-30(29)42-4)21-31(37)35-34-23(2)24-12-14-26(15-13-24)33-32(38)25-8-6-5-7-9-25/h5-20H,21H2,1-4H3,(H,33,38)(H,35,37)/b34-23-. The fourth-order valence-electron chi connectivity index (χ4n) is 4.09. The molecule has 0 aromatic heterocycles. The number of hydrazone groups is 1. The Morgan fingerprint density at radius 3 is 2.14 bits per heavy atom. The van der Waals surface area contributed by atoms with Crippen LogP contribution in [0.1, 0.15) is 28.4 Å². The zero-order chi connectivity index (χ0) is 31.0. The Bertz CT molecular complexity index is 1720. The van der Waals surface area contributed by atoms with Gasteiger partial charge in [0.05, 0.1) is 30.5 Å². The van der Waals surface area contributed by atoms with Crippen molar-refractivity contribution in [3.05, 3.63) is 114 Å². The highest BCUT2D eigenvalue weighted by molar-refractivity contribution is 7.92. The topological polar surface area (TPSA) is 126 Å². The minimum absolute atomic E-state index is 0.00917. The maximum absolute atomic E-state index is 13.8. The highest BCUT2D eigenvalue weighted by Crippen LogP contribution is 2.35. The minimum atomic E-state index is -4.20. The Labute approximate surface area is 251 Å². The Balaban J connectivity index is 1.53. The van der Waals surface area contributed by atoms with Crippen molar-refractivity contribution in [3.63, 3.8) is 0 Å². The molecule has 10 nitrogen and oxygen atoms in total. The van der Waals surface area contributed by atoms with Crippen molar-refractivity contribution in [2.24, 2.45) is 5.10 Å². The van der Waals surface area contributed by atoms with E-state index >= 15 is 0 Å². The van der Waals surface area contributed by atoms with Gasteiger partial charge in [-0.1, -0.05) is 48.0 Å². The number of nitrogens with zero attached hydrogens (tertiary/aromatic N) is 2. The smallest absolute Gasteiger partial charge is 0.264 e. The fourth-order valence-corrected chi connectivity index (χ4v) is 5.52. The van der Waals surface area contributed by atoms with Gasteiger partial charge in [0, 0.05) is 17.3 Å². The molecule has 43 heavy (non-hydrogen) atoms. The number of nitrogens with one attached hydrogen (secondary N) is 2. The predicted octanol–water partition coefficient (Wildman–Crippen LogP) is 5.00. The summed E-state index contributed by atoms with van der Waals surface area (Å²) < 4.78 is 39.3. The van der Waals surface area contributed by atoms with Crippen LogP contribution in [0.15, 0.2) is 107 Å². The lowest BCUT2D eigenvalue weighted by molar-refractivity contribution is -0.119. The lowest BCUT2D eigenvalue weighted by Gasteiger charge is -2.25. The molecule has 0 aliphatic carbocycles. The van der Waals surface area contributed by atoms with E-state index in [9.17, 15) is 18.0 Å². The summed E-state index contributed by atoms with van der Waals surface area (Å²) in [4.78, 5) is 25.5. The Kier molecular flexibility index (Phi) is 9.79. The number of benzene rings is 4. The molecule has 0 unspecified atom stereocenters. The summed E-state index contributed by atoms with van der Waals surface area (Å²) in [7, 11) is -1.33. The Morgan fingerprint density at radius 2 is 1.51 bits per heavy atom. The fraction of sp³-hybridized carbons (Fsp3) is 0.156. The third kappa shape index (κ3) is 7.57. The van der Waals surface area contributed by atoms with Crippen molar-refractivity contribution in [1.82, 2.24) is 5.43 Å². The lowest BCUT2D eigenvalue weighted by Crippen LogP contribution is -2.40. The average Bonchev–Trinajstić information content (AvgIpc) is 3.03. The molecule has 0 radical (unpaired) electrons. The molecule has 0 saturated carbocycles. The first-order chi connectivity index (χ1) is 20.6. The summed E-state index contributed by atoms with van der Waals surface area (Å²) in [6, 6.07) is 26.8. The van der Waals surface area contributed by atoms with Gasteiger partial charge in [0.15, 0.2) is 0 Å². The number of ether oxygens (including phenoxy) is 2. The van der Waals surface area contributed by atoms with E-state index in [0.717, 1.165) is 9.87 Å². The van der Waals surface area contributed by atoms with Gasteiger partial charge in [-0.15, -0.1) is 0 Å². The van der Waals surface area contributed by atoms with E-state index in [-0.39, 0.29) is 22.2 Å². The molecule has 222 valence electrons. The number of sulfonamides is 1. The molecular weight excluding hydrogens is 568 g/mol. The van der Waals surface area contributed by atoms with Crippen LogP contribution in [-0.4, -0.2) is 46.7 Å². The van der Waals surface area contributed by atoms with E-state index in [2.05, 4.69) is 15.8 Å². The maximum Gasteiger partial charge on any atom is 0.264 e. The van der Waals surface area contributed by atoms with Gasteiger partial charge >= 0.3 is 0 Å². The molecule has 0 aliphatic rings. The van der Waals surface area contributed by atoms with Crippen LogP contribution in [0.25, 0.3) is 0 Å². The van der Waals surface area contributed by atoms with E-state index in [0.29, 0.717) is 28.3 Å². The minimum Gasteiger partial charge on any atom is -0.497 e. The highest BCUT2D eigenvalue weighted by Gasteiger charge is 2.30. The summed E-state index contributed by atoms with van der Waals surface area (Å²) in [5.41, 5.74) is 5.77. The Morgan fingerprint density at radius 1 is 0.837 bits per heavy atom. The molecule has 4 aromatic carbocycles. The van der Waals surface area contributed by atoms with Gasteiger partial charge < -0.3 is 14.8 Å². The third-order valence-corrected chi connectivity index (χ3v) is 8.27. The van der Waals surface area contributed by atoms with Crippen molar-refractivity contribution in [2.75, 3.05) is 30.4 Å². The van der Waals surface area contributed by atoms with Gasteiger partial charge in [0.2, 0.25) is 0 Å². The SMILES string of the molecule is COc1ccc(OC)c(N(CC(=O)N/N=C(/C)c2ccc(NC(=O)c3ccccc3)cc2)S(=O)(=O)c2ccc(C)cc2)c1. The second-order valence-electron chi connectivity index (χ2n) is 9.49. The highest BCUT2D eigenvalue weighted by atomic mass is 32.2. The van der Waals surface area contributed by atoms with Gasteiger partial charge in [-0.2, -0.15) is 5.10 Å². The molecule has 0 atom stereocenters.